The fourth-order valence-corrected chi connectivity index (χ4v) is 4.34. The van der Waals surface area contributed by atoms with Crippen molar-refractivity contribution in [2.75, 3.05) is 6.54 Å². The number of aromatic hydroxyl groups is 1. The van der Waals surface area contributed by atoms with E-state index in [1.165, 1.54) is 0 Å². The van der Waals surface area contributed by atoms with Crippen LogP contribution in [0.4, 0.5) is 0 Å². The first-order valence-electron chi connectivity index (χ1n) is 9.36. The molecule has 2 aromatic rings. The summed E-state index contributed by atoms with van der Waals surface area (Å²) < 4.78 is 0. The zero-order valence-electron chi connectivity index (χ0n) is 14.9. The van der Waals surface area contributed by atoms with Crippen LogP contribution >= 0.6 is 0 Å². The highest BCUT2D eigenvalue weighted by atomic mass is 16.3. The van der Waals surface area contributed by atoms with Crippen LogP contribution in [-0.2, 0) is 4.79 Å². The number of fused-ring (bicyclic) bond motifs is 1. The summed E-state index contributed by atoms with van der Waals surface area (Å²) in [5.74, 6) is 0.427. The number of benzene rings is 2. The molecular weight excluding hydrogens is 326 g/mol. The van der Waals surface area contributed by atoms with Crippen molar-refractivity contribution in [1.29, 1.82) is 0 Å². The number of phenolic OH excluding ortho intramolecular Hbond substituents is 1. The summed E-state index contributed by atoms with van der Waals surface area (Å²) in [5.41, 5.74) is 8.44. The van der Waals surface area contributed by atoms with E-state index in [9.17, 15) is 9.90 Å². The molecule has 136 valence electrons. The van der Waals surface area contributed by atoms with Crippen LogP contribution in [0.1, 0.15) is 43.0 Å². The summed E-state index contributed by atoms with van der Waals surface area (Å²) in [4.78, 5) is 15.1. The highest BCUT2D eigenvalue weighted by Gasteiger charge is 2.55. The van der Waals surface area contributed by atoms with Gasteiger partial charge < -0.3 is 10.0 Å². The molecule has 4 unspecified atom stereocenters. The van der Waals surface area contributed by atoms with Gasteiger partial charge in [-0.25, -0.2) is 10.9 Å². The van der Waals surface area contributed by atoms with Gasteiger partial charge in [0.25, 0.3) is 0 Å². The molecule has 0 radical (unpaired) electrons. The zero-order valence-corrected chi connectivity index (χ0v) is 14.9. The van der Waals surface area contributed by atoms with Crippen molar-refractivity contribution in [3.05, 3.63) is 65.7 Å². The number of phenols is 1. The molecule has 2 aromatic carbocycles. The number of unbranched alkanes of at least 4 members (excludes halogenated alkanes) is 1. The average molecular weight is 351 g/mol. The Morgan fingerprint density at radius 3 is 2.42 bits per heavy atom. The van der Waals surface area contributed by atoms with E-state index in [1.807, 2.05) is 41.3 Å². The predicted octanol–water partition coefficient (Wildman–Crippen LogP) is 2.91. The number of hydrazine groups is 1. The van der Waals surface area contributed by atoms with Crippen LogP contribution in [0.3, 0.4) is 0 Å². The third kappa shape index (κ3) is 2.77. The van der Waals surface area contributed by atoms with Gasteiger partial charge in [-0.3, -0.25) is 4.79 Å². The maximum absolute atomic E-state index is 13.1. The quantitative estimate of drug-likeness (QED) is 0.775. The number of hydrogen-bond donors (Lipinski definition) is 3. The summed E-state index contributed by atoms with van der Waals surface area (Å²) >= 11 is 0. The van der Waals surface area contributed by atoms with Crippen molar-refractivity contribution in [2.45, 2.75) is 37.9 Å². The standard InChI is InChI=1S/C21H25N3O2/c1-2-3-13-24-20(14-9-5-4-6-10-14)17-18(22-23-19(17)21(24)26)15-11-7-8-12-16(15)25/h4-12,17-20,22-23,25H,2-3,13H2,1H3. The van der Waals surface area contributed by atoms with Gasteiger partial charge in [0.05, 0.1) is 12.1 Å². The molecular formula is C21H25N3O2. The smallest absolute Gasteiger partial charge is 0.242 e. The lowest BCUT2D eigenvalue weighted by atomic mass is 9.83. The van der Waals surface area contributed by atoms with E-state index in [-0.39, 0.29) is 35.7 Å². The molecule has 0 bridgehead atoms. The summed E-state index contributed by atoms with van der Waals surface area (Å²) in [7, 11) is 0. The first-order valence-corrected chi connectivity index (χ1v) is 9.36. The number of carbonyl (C=O) groups is 1. The highest BCUT2D eigenvalue weighted by Crippen LogP contribution is 2.48. The van der Waals surface area contributed by atoms with Gasteiger partial charge in [-0.2, -0.15) is 0 Å². The van der Waals surface area contributed by atoms with Gasteiger partial charge in [0, 0.05) is 18.0 Å². The third-order valence-electron chi connectivity index (χ3n) is 5.58. The second-order valence-corrected chi connectivity index (χ2v) is 7.12. The number of likely N-dealkylation sites (tertiary alicyclic amines) is 1. The van der Waals surface area contributed by atoms with E-state index < -0.39 is 0 Å². The minimum Gasteiger partial charge on any atom is -0.508 e. The van der Waals surface area contributed by atoms with Crippen LogP contribution in [0, 0.1) is 5.92 Å². The van der Waals surface area contributed by atoms with Crippen molar-refractivity contribution >= 4 is 5.91 Å². The third-order valence-corrected chi connectivity index (χ3v) is 5.58. The van der Waals surface area contributed by atoms with Gasteiger partial charge in [0.1, 0.15) is 11.8 Å². The Balaban J connectivity index is 1.75. The van der Waals surface area contributed by atoms with Crippen LogP contribution < -0.4 is 10.9 Å². The molecule has 2 saturated heterocycles. The molecule has 0 aliphatic carbocycles. The van der Waals surface area contributed by atoms with E-state index in [0.717, 1.165) is 30.5 Å². The molecule has 2 fully saturated rings. The minimum atomic E-state index is -0.276. The Kier molecular flexibility index (Phi) is 4.66. The molecule has 5 heteroatoms. The molecule has 1 amide bonds. The summed E-state index contributed by atoms with van der Waals surface area (Å²) in [6.45, 7) is 2.90. The predicted molar refractivity (Wildman–Crippen MR) is 100 cm³/mol. The SMILES string of the molecule is CCCCN1C(=O)C2NNC(c3ccccc3O)C2C1c1ccccc1. The van der Waals surface area contributed by atoms with Gasteiger partial charge >= 0.3 is 0 Å². The molecule has 2 heterocycles. The first kappa shape index (κ1) is 17.1. The zero-order chi connectivity index (χ0) is 18.1. The van der Waals surface area contributed by atoms with Gasteiger partial charge in [-0.15, -0.1) is 0 Å². The summed E-state index contributed by atoms with van der Waals surface area (Å²) in [6.07, 6.45) is 2.04. The largest absolute Gasteiger partial charge is 0.508 e. The second kappa shape index (κ2) is 7.09. The lowest BCUT2D eigenvalue weighted by molar-refractivity contribution is -0.130. The Morgan fingerprint density at radius 1 is 1.00 bits per heavy atom. The first-order chi connectivity index (χ1) is 12.7. The van der Waals surface area contributed by atoms with Gasteiger partial charge in [-0.1, -0.05) is 61.9 Å². The summed E-state index contributed by atoms with van der Waals surface area (Å²) in [5, 5.41) is 10.4. The monoisotopic (exact) mass is 351 g/mol. The van der Waals surface area contributed by atoms with Gasteiger partial charge in [0.15, 0.2) is 0 Å². The van der Waals surface area contributed by atoms with Crippen molar-refractivity contribution in [3.63, 3.8) is 0 Å². The van der Waals surface area contributed by atoms with E-state index >= 15 is 0 Å². The highest BCUT2D eigenvalue weighted by molar-refractivity contribution is 5.86. The molecule has 0 saturated carbocycles. The molecule has 3 N–H and O–H groups in total. The Morgan fingerprint density at radius 2 is 1.69 bits per heavy atom. The number of carbonyl (C=O) groups excluding carboxylic acids is 1. The lowest BCUT2D eigenvalue weighted by Crippen LogP contribution is -2.41. The second-order valence-electron chi connectivity index (χ2n) is 7.12. The fraction of sp³-hybridized carbons (Fsp3) is 0.381. The number of rotatable bonds is 5. The van der Waals surface area contributed by atoms with E-state index in [0.29, 0.717) is 0 Å². The van der Waals surface area contributed by atoms with Crippen LogP contribution in [-0.4, -0.2) is 28.5 Å². The van der Waals surface area contributed by atoms with E-state index in [2.05, 4.69) is 29.9 Å². The molecule has 4 atom stereocenters. The van der Waals surface area contributed by atoms with E-state index in [1.54, 1.807) is 6.07 Å². The molecule has 2 aliphatic heterocycles. The molecule has 26 heavy (non-hydrogen) atoms. The van der Waals surface area contributed by atoms with Crippen LogP contribution in [0.2, 0.25) is 0 Å². The molecule has 5 nitrogen and oxygen atoms in total. The molecule has 0 spiro atoms. The number of amides is 1. The topological polar surface area (TPSA) is 64.6 Å². The lowest BCUT2D eigenvalue weighted by Gasteiger charge is -2.31. The van der Waals surface area contributed by atoms with Crippen LogP contribution in [0.25, 0.3) is 0 Å². The maximum atomic E-state index is 13.1. The van der Waals surface area contributed by atoms with Crippen molar-refractivity contribution in [1.82, 2.24) is 15.8 Å². The Hall–Kier alpha value is -2.37. The number of para-hydroxylation sites is 1. The number of hydrogen-bond acceptors (Lipinski definition) is 4. The normalized spacial score (nSPS) is 27.7. The van der Waals surface area contributed by atoms with Crippen molar-refractivity contribution < 1.29 is 9.90 Å². The number of nitrogens with one attached hydrogen (secondary N) is 2. The molecule has 4 rings (SSSR count). The Labute approximate surface area is 154 Å². The van der Waals surface area contributed by atoms with Gasteiger partial charge in [-0.05, 0) is 18.1 Å². The fourth-order valence-electron chi connectivity index (χ4n) is 4.34. The van der Waals surface area contributed by atoms with Crippen molar-refractivity contribution in [2.24, 2.45) is 5.92 Å². The Bertz CT molecular complexity index is 780. The van der Waals surface area contributed by atoms with E-state index in [4.69, 9.17) is 0 Å². The average Bonchev–Trinajstić information content (AvgIpc) is 3.20. The van der Waals surface area contributed by atoms with Crippen molar-refractivity contribution in [3.8, 4) is 5.75 Å². The minimum absolute atomic E-state index is 0.00708. The van der Waals surface area contributed by atoms with Crippen LogP contribution in [0.15, 0.2) is 54.6 Å². The number of nitrogens with zero attached hydrogens (tertiary/aromatic N) is 1. The summed E-state index contributed by atoms with van der Waals surface area (Å²) in [6, 6.07) is 17.2. The van der Waals surface area contributed by atoms with Crippen LogP contribution in [0.5, 0.6) is 5.75 Å². The van der Waals surface area contributed by atoms with Gasteiger partial charge in [0.2, 0.25) is 5.91 Å². The molecule has 2 aliphatic rings. The molecule has 0 aromatic heterocycles. The maximum Gasteiger partial charge on any atom is 0.242 e.